The first kappa shape index (κ1) is 15.4. The Kier molecular flexibility index (Phi) is 3.53. The smallest absolute Gasteiger partial charge is 0.249 e. The van der Waals surface area contributed by atoms with Gasteiger partial charge < -0.3 is 10.5 Å². The van der Waals surface area contributed by atoms with Gasteiger partial charge in [0, 0.05) is 23.1 Å². The number of rotatable bonds is 3. The van der Waals surface area contributed by atoms with E-state index < -0.39 is 5.91 Å². The molecular weight excluding hydrogens is 312 g/mol. The molecule has 0 fully saturated rings. The van der Waals surface area contributed by atoms with Crippen LogP contribution in [0.1, 0.15) is 27.0 Å². The molecule has 4 heteroatoms. The zero-order valence-electron chi connectivity index (χ0n) is 14.2. The molecule has 25 heavy (non-hydrogen) atoms. The van der Waals surface area contributed by atoms with E-state index in [2.05, 4.69) is 25.1 Å². The van der Waals surface area contributed by atoms with Crippen LogP contribution < -0.4 is 10.5 Å². The van der Waals surface area contributed by atoms with Gasteiger partial charge >= 0.3 is 0 Å². The van der Waals surface area contributed by atoms with E-state index in [0.29, 0.717) is 12.0 Å². The van der Waals surface area contributed by atoms with Crippen molar-refractivity contribution in [2.45, 2.75) is 13.3 Å². The molecule has 0 aliphatic heterocycles. The van der Waals surface area contributed by atoms with Gasteiger partial charge in [-0.05, 0) is 48.4 Å². The van der Waals surface area contributed by atoms with Crippen LogP contribution in [0.2, 0.25) is 0 Å². The summed E-state index contributed by atoms with van der Waals surface area (Å²) in [6, 6.07) is 15.7. The number of nitrogens with zero attached hydrogens (tertiary/aromatic N) is 1. The molecule has 2 aromatic carbocycles. The Hall–Kier alpha value is -3.14. The maximum absolute atomic E-state index is 12.0. The van der Waals surface area contributed by atoms with Crippen molar-refractivity contribution in [3.05, 3.63) is 70.8 Å². The zero-order valence-corrected chi connectivity index (χ0v) is 14.2. The Morgan fingerprint density at radius 3 is 2.56 bits per heavy atom. The van der Waals surface area contributed by atoms with Crippen LogP contribution in [0.4, 0.5) is 0 Å². The predicted molar refractivity (Wildman–Crippen MR) is 97.7 cm³/mol. The number of methoxy groups -OCH3 is 1. The van der Waals surface area contributed by atoms with Gasteiger partial charge in [0.05, 0.1) is 18.5 Å². The molecule has 1 aliphatic rings. The summed E-state index contributed by atoms with van der Waals surface area (Å²) in [5, 5.41) is 0. The highest BCUT2D eigenvalue weighted by atomic mass is 16.5. The van der Waals surface area contributed by atoms with E-state index in [1.165, 1.54) is 11.1 Å². The molecule has 1 heterocycles. The second-order valence-corrected chi connectivity index (χ2v) is 6.31. The number of carbonyl (C=O) groups excluding carboxylic acids is 1. The highest BCUT2D eigenvalue weighted by Gasteiger charge is 2.25. The molecule has 4 nitrogen and oxygen atoms in total. The Labute approximate surface area is 146 Å². The minimum absolute atomic E-state index is 0.419. The van der Waals surface area contributed by atoms with E-state index >= 15 is 0 Å². The van der Waals surface area contributed by atoms with Crippen molar-refractivity contribution in [2.75, 3.05) is 7.11 Å². The highest BCUT2D eigenvalue weighted by Crippen LogP contribution is 2.39. The van der Waals surface area contributed by atoms with Crippen LogP contribution in [0.25, 0.3) is 22.5 Å². The van der Waals surface area contributed by atoms with Gasteiger partial charge in [0.25, 0.3) is 0 Å². The Bertz CT molecular complexity index is 992. The van der Waals surface area contributed by atoms with E-state index in [9.17, 15) is 4.79 Å². The third-order valence-corrected chi connectivity index (χ3v) is 4.66. The van der Waals surface area contributed by atoms with Gasteiger partial charge in [0.1, 0.15) is 5.75 Å². The number of benzene rings is 2. The zero-order chi connectivity index (χ0) is 17.6. The first-order valence-electron chi connectivity index (χ1n) is 8.15. The summed E-state index contributed by atoms with van der Waals surface area (Å²) >= 11 is 0. The van der Waals surface area contributed by atoms with E-state index in [0.717, 1.165) is 33.8 Å². The van der Waals surface area contributed by atoms with E-state index in [-0.39, 0.29) is 0 Å². The van der Waals surface area contributed by atoms with Gasteiger partial charge in [-0.15, -0.1) is 0 Å². The van der Waals surface area contributed by atoms with Crippen LogP contribution in [-0.4, -0.2) is 18.0 Å². The summed E-state index contributed by atoms with van der Waals surface area (Å²) in [5.74, 6) is 0.360. The standard InChI is InChI=1S/C21H18N2O2/c1-12-3-8-16-14(9-12)10-17-18(21(22)24)11-19(23-20(16)17)13-4-6-15(25-2)7-5-13/h3-9,11H,10H2,1-2H3,(H2,22,24). The van der Waals surface area contributed by atoms with Crippen molar-refractivity contribution in [2.24, 2.45) is 5.73 Å². The molecule has 0 unspecified atom stereocenters. The molecule has 1 aliphatic carbocycles. The molecule has 124 valence electrons. The van der Waals surface area contributed by atoms with Gasteiger partial charge in [-0.25, -0.2) is 4.98 Å². The lowest BCUT2D eigenvalue weighted by atomic mass is 10.0. The molecule has 0 saturated carbocycles. The van der Waals surface area contributed by atoms with Crippen molar-refractivity contribution in [1.29, 1.82) is 0 Å². The molecule has 3 aromatic rings. The number of carbonyl (C=O) groups is 1. The molecule has 0 radical (unpaired) electrons. The Morgan fingerprint density at radius 1 is 1.12 bits per heavy atom. The number of amides is 1. The summed E-state index contributed by atoms with van der Waals surface area (Å²) in [6.07, 6.45) is 0.695. The van der Waals surface area contributed by atoms with Crippen molar-refractivity contribution < 1.29 is 9.53 Å². The van der Waals surface area contributed by atoms with Crippen LogP contribution in [0, 0.1) is 6.92 Å². The molecule has 0 bridgehead atoms. The third kappa shape index (κ3) is 2.56. The lowest BCUT2D eigenvalue weighted by molar-refractivity contribution is 0.0999. The normalized spacial score (nSPS) is 11.8. The molecule has 1 amide bonds. The van der Waals surface area contributed by atoms with Gasteiger partial charge in [-0.1, -0.05) is 23.8 Å². The van der Waals surface area contributed by atoms with Crippen LogP contribution in [-0.2, 0) is 6.42 Å². The minimum atomic E-state index is -0.419. The maximum atomic E-state index is 12.0. The fraction of sp³-hybridized carbons (Fsp3) is 0.143. The van der Waals surface area contributed by atoms with Crippen LogP contribution >= 0.6 is 0 Å². The average molecular weight is 330 g/mol. The maximum Gasteiger partial charge on any atom is 0.249 e. The third-order valence-electron chi connectivity index (χ3n) is 4.66. The lowest BCUT2D eigenvalue weighted by Gasteiger charge is -2.10. The molecule has 1 aromatic heterocycles. The fourth-order valence-electron chi connectivity index (χ4n) is 3.39. The molecule has 2 N–H and O–H groups in total. The van der Waals surface area contributed by atoms with E-state index in [1.807, 2.05) is 24.3 Å². The Balaban J connectivity index is 1.91. The predicted octanol–water partition coefficient (Wildman–Crippen LogP) is 3.74. The van der Waals surface area contributed by atoms with Gasteiger partial charge in [0.2, 0.25) is 5.91 Å². The van der Waals surface area contributed by atoms with Gasteiger partial charge in [-0.3, -0.25) is 4.79 Å². The number of aromatic nitrogens is 1. The second kappa shape index (κ2) is 5.74. The monoisotopic (exact) mass is 330 g/mol. The SMILES string of the molecule is COc1ccc(-c2cc(C(N)=O)c3c(n2)-c2ccc(C)cc2C3)cc1. The number of hydrogen-bond donors (Lipinski definition) is 1. The van der Waals surface area contributed by atoms with E-state index in [4.69, 9.17) is 15.5 Å². The van der Waals surface area contributed by atoms with Gasteiger partial charge in [0.15, 0.2) is 0 Å². The van der Waals surface area contributed by atoms with Crippen LogP contribution in [0.5, 0.6) is 5.75 Å². The number of ether oxygens (including phenoxy) is 1. The fourth-order valence-corrected chi connectivity index (χ4v) is 3.39. The summed E-state index contributed by atoms with van der Waals surface area (Å²) < 4.78 is 5.20. The largest absolute Gasteiger partial charge is 0.497 e. The second-order valence-electron chi connectivity index (χ2n) is 6.31. The first-order valence-corrected chi connectivity index (χ1v) is 8.15. The van der Waals surface area contributed by atoms with Gasteiger partial charge in [-0.2, -0.15) is 0 Å². The quantitative estimate of drug-likeness (QED) is 0.622. The van der Waals surface area contributed by atoms with Crippen molar-refractivity contribution in [3.63, 3.8) is 0 Å². The summed E-state index contributed by atoms with van der Waals surface area (Å²) in [6.45, 7) is 2.06. The minimum Gasteiger partial charge on any atom is -0.497 e. The number of nitrogens with two attached hydrogens (primary N) is 1. The topological polar surface area (TPSA) is 65.2 Å². The first-order chi connectivity index (χ1) is 12.1. The molecule has 4 rings (SSSR count). The number of hydrogen-bond acceptors (Lipinski definition) is 3. The number of primary amides is 1. The molecule has 0 spiro atoms. The average Bonchev–Trinajstić information content (AvgIpc) is 2.98. The number of aryl methyl sites for hydroxylation is 1. The lowest BCUT2D eigenvalue weighted by Crippen LogP contribution is -2.14. The summed E-state index contributed by atoms with van der Waals surface area (Å²) in [5.41, 5.74) is 13.1. The van der Waals surface area contributed by atoms with Crippen molar-refractivity contribution in [1.82, 2.24) is 4.98 Å². The van der Waals surface area contributed by atoms with Crippen LogP contribution in [0.15, 0.2) is 48.5 Å². The molecule has 0 atom stereocenters. The van der Waals surface area contributed by atoms with Crippen LogP contribution in [0.3, 0.4) is 0 Å². The highest BCUT2D eigenvalue weighted by molar-refractivity contribution is 5.98. The number of fused-ring (bicyclic) bond motifs is 3. The molecular formula is C21H18N2O2. The van der Waals surface area contributed by atoms with Crippen molar-refractivity contribution in [3.8, 4) is 28.3 Å². The summed E-state index contributed by atoms with van der Waals surface area (Å²) in [4.78, 5) is 16.9. The van der Waals surface area contributed by atoms with Crippen molar-refractivity contribution >= 4 is 5.91 Å². The van der Waals surface area contributed by atoms with E-state index in [1.54, 1.807) is 13.2 Å². The number of pyridine rings is 1. The Morgan fingerprint density at radius 2 is 1.88 bits per heavy atom. The summed E-state index contributed by atoms with van der Waals surface area (Å²) in [7, 11) is 1.63. The molecule has 0 saturated heterocycles.